The van der Waals surface area contributed by atoms with Gasteiger partial charge in [-0.3, -0.25) is 0 Å². The summed E-state index contributed by atoms with van der Waals surface area (Å²) in [7, 11) is 0. The maximum absolute atomic E-state index is 10.6. The Bertz CT molecular complexity index is 672. The molecule has 2 amide bonds. The first kappa shape index (κ1) is 16.9. The third-order valence-electron chi connectivity index (χ3n) is 2.93. The van der Waals surface area contributed by atoms with Gasteiger partial charge in [-0.25, -0.2) is 10.2 Å². The van der Waals surface area contributed by atoms with Crippen molar-refractivity contribution in [1.29, 1.82) is 0 Å². The molecule has 0 aliphatic carbocycles. The Morgan fingerprint density at radius 1 is 1.26 bits per heavy atom. The number of hydrazone groups is 1. The van der Waals surface area contributed by atoms with Gasteiger partial charge >= 0.3 is 6.03 Å². The maximum atomic E-state index is 10.6. The maximum Gasteiger partial charge on any atom is 0.332 e. The van der Waals surface area contributed by atoms with E-state index in [1.54, 1.807) is 11.8 Å². The number of primary amides is 1. The monoisotopic (exact) mass is 329 g/mol. The van der Waals surface area contributed by atoms with Crippen LogP contribution in [-0.4, -0.2) is 24.6 Å². The standard InChI is InChI=1S/C17H19N3O2S/c1-13-6-8-15(9-7-13)23-11-10-22-16-5-3-2-4-14(16)12-19-20-17(18)21/h2-9,12H,10-11H2,1H3,(H3,18,20,21)/b19-12-. The molecule has 6 heteroatoms. The van der Waals surface area contributed by atoms with E-state index in [1.807, 2.05) is 24.3 Å². The van der Waals surface area contributed by atoms with Crippen molar-refractivity contribution in [2.45, 2.75) is 11.8 Å². The van der Waals surface area contributed by atoms with Crippen molar-refractivity contribution >= 4 is 24.0 Å². The van der Waals surface area contributed by atoms with E-state index < -0.39 is 6.03 Å². The molecule has 0 aromatic heterocycles. The Morgan fingerprint density at radius 2 is 2.00 bits per heavy atom. The van der Waals surface area contributed by atoms with Crippen molar-refractivity contribution in [3.8, 4) is 5.75 Å². The van der Waals surface area contributed by atoms with Gasteiger partial charge in [0.05, 0.1) is 12.8 Å². The molecule has 2 aromatic carbocycles. The minimum Gasteiger partial charge on any atom is -0.492 e. The van der Waals surface area contributed by atoms with Crippen molar-refractivity contribution < 1.29 is 9.53 Å². The Kier molecular flexibility index (Phi) is 6.50. The summed E-state index contributed by atoms with van der Waals surface area (Å²) < 4.78 is 5.78. The van der Waals surface area contributed by atoms with Crippen LogP contribution < -0.4 is 15.9 Å². The van der Waals surface area contributed by atoms with Gasteiger partial charge < -0.3 is 10.5 Å². The van der Waals surface area contributed by atoms with Gasteiger partial charge in [-0.2, -0.15) is 5.10 Å². The molecule has 2 rings (SSSR count). The first-order valence-electron chi connectivity index (χ1n) is 7.15. The predicted octanol–water partition coefficient (Wildman–Crippen LogP) is 3.17. The predicted molar refractivity (Wildman–Crippen MR) is 94.2 cm³/mol. The molecule has 0 radical (unpaired) electrons. The fraction of sp³-hybridized carbons (Fsp3) is 0.176. The Labute approximate surface area is 139 Å². The van der Waals surface area contributed by atoms with E-state index >= 15 is 0 Å². The second-order valence-corrected chi connectivity index (χ2v) is 5.95. The van der Waals surface area contributed by atoms with E-state index in [-0.39, 0.29) is 0 Å². The molecule has 0 fully saturated rings. The summed E-state index contributed by atoms with van der Waals surface area (Å²) in [4.78, 5) is 11.8. The van der Waals surface area contributed by atoms with E-state index in [0.717, 1.165) is 11.3 Å². The fourth-order valence-electron chi connectivity index (χ4n) is 1.83. The number of hydrogen-bond acceptors (Lipinski definition) is 4. The SMILES string of the molecule is Cc1ccc(SCCOc2ccccc2/C=N\NC(N)=O)cc1. The Morgan fingerprint density at radius 3 is 2.74 bits per heavy atom. The number of aryl methyl sites for hydroxylation is 1. The molecule has 0 bridgehead atoms. The first-order chi connectivity index (χ1) is 11.1. The quantitative estimate of drug-likeness (QED) is 0.354. The van der Waals surface area contributed by atoms with E-state index in [2.05, 4.69) is 41.7 Å². The van der Waals surface area contributed by atoms with Gasteiger partial charge in [0.1, 0.15) is 5.75 Å². The second-order valence-electron chi connectivity index (χ2n) is 4.78. The summed E-state index contributed by atoms with van der Waals surface area (Å²) in [5, 5.41) is 3.75. The zero-order chi connectivity index (χ0) is 16.5. The van der Waals surface area contributed by atoms with Crippen LogP contribution in [-0.2, 0) is 0 Å². The summed E-state index contributed by atoms with van der Waals surface area (Å²) in [6.07, 6.45) is 1.51. The van der Waals surface area contributed by atoms with Gasteiger partial charge in [-0.15, -0.1) is 11.8 Å². The van der Waals surface area contributed by atoms with Crippen molar-refractivity contribution in [3.63, 3.8) is 0 Å². The largest absolute Gasteiger partial charge is 0.492 e. The Hall–Kier alpha value is -2.47. The number of ether oxygens (including phenoxy) is 1. The topological polar surface area (TPSA) is 76.7 Å². The molecule has 0 saturated carbocycles. The van der Waals surface area contributed by atoms with E-state index in [0.29, 0.717) is 12.4 Å². The highest BCUT2D eigenvalue weighted by Crippen LogP contribution is 2.20. The van der Waals surface area contributed by atoms with Crippen LogP contribution in [0.3, 0.4) is 0 Å². The van der Waals surface area contributed by atoms with Crippen LogP contribution in [0.4, 0.5) is 4.79 Å². The molecule has 0 unspecified atom stereocenters. The van der Waals surface area contributed by atoms with Gasteiger partial charge in [0, 0.05) is 16.2 Å². The first-order valence-corrected chi connectivity index (χ1v) is 8.13. The van der Waals surface area contributed by atoms with Crippen LogP contribution >= 0.6 is 11.8 Å². The minimum absolute atomic E-state index is 0.576. The van der Waals surface area contributed by atoms with Crippen LogP contribution in [0.15, 0.2) is 58.5 Å². The number of nitrogens with one attached hydrogen (secondary N) is 1. The lowest BCUT2D eigenvalue weighted by Gasteiger charge is -2.09. The fourth-order valence-corrected chi connectivity index (χ4v) is 2.56. The summed E-state index contributed by atoms with van der Waals surface area (Å²) in [6, 6.07) is 15.2. The molecular weight excluding hydrogens is 310 g/mol. The summed E-state index contributed by atoms with van der Waals surface area (Å²) in [5.41, 5.74) is 9.16. The zero-order valence-electron chi connectivity index (χ0n) is 12.9. The molecule has 3 N–H and O–H groups in total. The normalized spacial score (nSPS) is 10.7. The molecule has 2 aromatic rings. The van der Waals surface area contributed by atoms with Crippen LogP contribution in [0.2, 0.25) is 0 Å². The number of carbonyl (C=O) groups excluding carboxylic acids is 1. The van der Waals surface area contributed by atoms with Crippen LogP contribution in [0.25, 0.3) is 0 Å². The highest BCUT2D eigenvalue weighted by molar-refractivity contribution is 7.99. The van der Waals surface area contributed by atoms with E-state index in [1.165, 1.54) is 16.7 Å². The third kappa shape index (κ3) is 6.04. The van der Waals surface area contributed by atoms with Crippen LogP contribution in [0.1, 0.15) is 11.1 Å². The third-order valence-corrected chi connectivity index (χ3v) is 3.90. The number of thioether (sulfide) groups is 1. The number of rotatable bonds is 7. The highest BCUT2D eigenvalue weighted by Gasteiger charge is 2.01. The van der Waals surface area contributed by atoms with Gasteiger partial charge in [0.2, 0.25) is 0 Å². The number of urea groups is 1. The number of para-hydroxylation sites is 1. The Balaban J connectivity index is 1.84. The van der Waals surface area contributed by atoms with Crippen molar-refractivity contribution in [3.05, 3.63) is 59.7 Å². The zero-order valence-corrected chi connectivity index (χ0v) is 13.7. The molecule has 0 spiro atoms. The van der Waals surface area contributed by atoms with Gasteiger partial charge in [0.25, 0.3) is 0 Å². The van der Waals surface area contributed by atoms with Gasteiger partial charge in [-0.1, -0.05) is 29.8 Å². The number of nitrogens with zero attached hydrogens (tertiary/aromatic N) is 1. The second kappa shape index (κ2) is 8.85. The number of benzene rings is 2. The van der Waals surface area contributed by atoms with Crippen molar-refractivity contribution in [2.75, 3.05) is 12.4 Å². The summed E-state index contributed by atoms with van der Waals surface area (Å²) in [5.74, 6) is 1.56. The smallest absolute Gasteiger partial charge is 0.332 e. The molecule has 0 aliphatic heterocycles. The number of hydrogen-bond donors (Lipinski definition) is 2. The molecular formula is C17H19N3O2S. The average Bonchev–Trinajstić information content (AvgIpc) is 2.54. The molecule has 0 aliphatic rings. The lowest BCUT2D eigenvalue weighted by molar-refractivity contribution is 0.249. The van der Waals surface area contributed by atoms with Gasteiger partial charge in [-0.05, 0) is 31.2 Å². The summed E-state index contributed by atoms with van der Waals surface area (Å²) >= 11 is 1.74. The van der Waals surface area contributed by atoms with Crippen molar-refractivity contribution in [2.24, 2.45) is 10.8 Å². The highest BCUT2D eigenvalue weighted by atomic mass is 32.2. The van der Waals surface area contributed by atoms with Gasteiger partial charge in [0.15, 0.2) is 0 Å². The summed E-state index contributed by atoms with van der Waals surface area (Å²) in [6.45, 7) is 2.65. The number of amides is 2. The molecule has 5 nitrogen and oxygen atoms in total. The molecule has 23 heavy (non-hydrogen) atoms. The minimum atomic E-state index is -0.700. The van der Waals surface area contributed by atoms with E-state index in [4.69, 9.17) is 10.5 Å². The lowest BCUT2D eigenvalue weighted by atomic mass is 10.2. The number of nitrogens with two attached hydrogens (primary N) is 1. The lowest BCUT2D eigenvalue weighted by Crippen LogP contribution is -2.24. The average molecular weight is 329 g/mol. The van der Waals surface area contributed by atoms with Crippen molar-refractivity contribution in [1.82, 2.24) is 5.43 Å². The van der Waals surface area contributed by atoms with Crippen LogP contribution in [0, 0.1) is 6.92 Å². The molecule has 0 heterocycles. The molecule has 120 valence electrons. The number of carbonyl (C=O) groups is 1. The van der Waals surface area contributed by atoms with Crippen LogP contribution in [0.5, 0.6) is 5.75 Å². The molecule has 0 atom stereocenters. The molecule has 0 saturated heterocycles. The van der Waals surface area contributed by atoms with E-state index in [9.17, 15) is 4.79 Å².